The number of carbonyl (C=O) groups is 1. The van der Waals surface area contributed by atoms with Crippen LogP contribution >= 0.6 is 0 Å². The topological polar surface area (TPSA) is 76.4 Å². The van der Waals surface area contributed by atoms with Gasteiger partial charge in [-0.3, -0.25) is 4.79 Å². The largest absolute Gasteiger partial charge is 0.399 e. The number of nitrogens with one attached hydrogen (secondary N) is 2. The number of rotatable bonds is 7. The van der Waals surface area contributed by atoms with E-state index in [1.807, 2.05) is 6.92 Å². The Labute approximate surface area is 108 Å². The van der Waals surface area contributed by atoms with Gasteiger partial charge in [0, 0.05) is 38.2 Å². The Hall–Kier alpha value is -1.75. The lowest BCUT2D eigenvalue weighted by Gasteiger charge is -2.12. The first-order valence-electron chi connectivity index (χ1n) is 6.12. The molecule has 0 aliphatic heterocycles. The van der Waals surface area contributed by atoms with Gasteiger partial charge in [-0.15, -0.1) is 0 Å². The van der Waals surface area contributed by atoms with E-state index in [0.29, 0.717) is 17.9 Å². The molecule has 1 aromatic rings. The molecule has 0 aromatic heterocycles. The van der Waals surface area contributed by atoms with Gasteiger partial charge in [-0.05, 0) is 31.5 Å². The fraction of sp³-hybridized carbons (Fsp3) is 0.462. The normalized spacial score (nSPS) is 10.1. The second kappa shape index (κ2) is 7.55. The Bertz CT molecular complexity index is 394. The number of ether oxygens (including phenoxy) is 1. The summed E-state index contributed by atoms with van der Waals surface area (Å²) in [7, 11) is 1.61. The van der Waals surface area contributed by atoms with E-state index in [1.165, 1.54) is 0 Å². The van der Waals surface area contributed by atoms with E-state index in [2.05, 4.69) is 10.6 Å². The first kappa shape index (κ1) is 14.3. The highest BCUT2D eigenvalue weighted by Gasteiger charge is 2.09. The van der Waals surface area contributed by atoms with Crippen LogP contribution in [0.5, 0.6) is 0 Å². The summed E-state index contributed by atoms with van der Waals surface area (Å²) < 4.78 is 5.25. The zero-order valence-electron chi connectivity index (χ0n) is 11.0. The molecule has 0 fully saturated rings. The Morgan fingerprint density at radius 2 is 2.22 bits per heavy atom. The third-order valence-electron chi connectivity index (χ3n) is 2.50. The second-order valence-electron chi connectivity index (χ2n) is 3.86. The highest BCUT2D eigenvalue weighted by molar-refractivity contribution is 6.00. The average molecular weight is 251 g/mol. The van der Waals surface area contributed by atoms with Gasteiger partial charge in [-0.1, -0.05) is 0 Å². The molecular weight excluding hydrogens is 230 g/mol. The van der Waals surface area contributed by atoms with Crippen molar-refractivity contribution < 1.29 is 9.53 Å². The Kier molecular flexibility index (Phi) is 6.00. The van der Waals surface area contributed by atoms with E-state index in [-0.39, 0.29) is 5.91 Å². The molecule has 0 saturated heterocycles. The number of hydrogen-bond donors (Lipinski definition) is 3. The molecule has 0 aliphatic rings. The van der Waals surface area contributed by atoms with Gasteiger partial charge in [-0.25, -0.2) is 0 Å². The van der Waals surface area contributed by atoms with Crippen molar-refractivity contribution in [3.8, 4) is 0 Å². The van der Waals surface area contributed by atoms with Gasteiger partial charge < -0.3 is 21.1 Å². The quantitative estimate of drug-likeness (QED) is 0.506. The van der Waals surface area contributed by atoms with Crippen LogP contribution in [-0.4, -0.2) is 32.7 Å². The summed E-state index contributed by atoms with van der Waals surface area (Å²) in [5, 5.41) is 5.81. The van der Waals surface area contributed by atoms with Crippen molar-refractivity contribution in [2.75, 3.05) is 37.9 Å². The molecule has 1 rings (SSSR count). The molecule has 1 amide bonds. The summed E-state index contributed by atoms with van der Waals surface area (Å²) in [5.74, 6) is -0.123. The van der Waals surface area contributed by atoms with Crippen LogP contribution in [-0.2, 0) is 4.74 Å². The predicted molar refractivity (Wildman–Crippen MR) is 73.8 cm³/mol. The number of benzene rings is 1. The maximum atomic E-state index is 11.7. The van der Waals surface area contributed by atoms with Crippen LogP contribution in [0.4, 0.5) is 11.4 Å². The van der Waals surface area contributed by atoms with Gasteiger partial charge in [0.15, 0.2) is 0 Å². The van der Waals surface area contributed by atoms with Gasteiger partial charge in [0.25, 0.3) is 5.91 Å². The number of nitrogens with two attached hydrogens (primary N) is 1. The van der Waals surface area contributed by atoms with E-state index in [1.54, 1.807) is 25.2 Å². The van der Waals surface area contributed by atoms with Gasteiger partial charge in [0.05, 0.1) is 5.56 Å². The molecule has 0 spiro atoms. The van der Waals surface area contributed by atoms with Crippen LogP contribution in [0, 0.1) is 0 Å². The third kappa shape index (κ3) is 4.25. The molecule has 0 bridgehead atoms. The van der Waals surface area contributed by atoms with Crippen LogP contribution < -0.4 is 16.4 Å². The zero-order valence-corrected chi connectivity index (χ0v) is 11.0. The molecule has 0 saturated carbocycles. The van der Waals surface area contributed by atoms with Crippen LogP contribution in [0.3, 0.4) is 0 Å². The van der Waals surface area contributed by atoms with Crippen molar-refractivity contribution in [2.24, 2.45) is 0 Å². The summed E-state index contributed by atoms with van der Waals surface area (Å²) in [4.78, 5) is 11.7. The summed E-state index contributed by atoms with van der Waals surface area (Å²) >= 11 is 0. The number of nitrogen functional groups attached to an aromatic ring is 1. The lowest BCUT2D eigenvalue weighted by atomic mass is 10.1. The van der Waals surface area contributed by atoms with Gasteiger partial charge in [0.2, 0.25) is 0 Å². The molecule has 5 nitrogen and oxygen atoms in total. The maximum absolute atomic E-state index is 11.7. The number of hydrogen-bond acceptors (Lipinski definition) is 4. The van der Waals surface area contributed by atoms with Crippen LogP contribution in [0.25, 0.3) is 0 Å². The van der Waals surface area contributed by atoms with E-state index in [9.17, 15) is 4.79 Å². The third-order valence-corrected chi connectivity index (χ3v) is 2.50. The van der Waals surface area contributed by atoms with Crippen molar-refractivity contribution in [1.82, 2.24) is 5.32 Å². The van der Waals surface area contributed by atoms with Crippen molar-refractivity contribution in [1.29, 1.82) is 0 Å². The van der Waals surface area contributed by atoms with Crippen molar-refractivity contribution >= 4 is 17.3 Å². The standard InChI is InChI=1S/C13H21N3O2/c1-3-18-8-4-7-16-12-9-10(14)5-6-11(12)13(17)15-2/h5-6,9,16H,3-4,7-8,14H2,1-2H3,(H,15,17). The molecule has 4 N–H and O–H groups in total. The van der Waals surface area contributed by atoms with E-state index >= 15 is 0 Å². The van der Waals surface area contributed by atoms with Crippen molar-refractivity contribution in [3.05, 3.63) is 23.8 Å². The molecule has 100 valence electrons. The first-order valence-corrected chi connectivity index (χ1v) is 6.12. The molecule has 0 aliphatic carbocycles. The highest BCUT2D eigenvalue weighted by Crippen LogP contribution is 2.19. The van der Waals surface area contributed by atoms with Gasteiger partial charge >= 0.3 is 0 Å². The van der Waals surface area contributed by atoms with E-state index in [4.69, 9.17) is 10.5 Å². The summed E-state index contributed by atoms with van der Waals surface area (Å²) in [5.41, 5.74) is 7.71. The minimum atomic E-state index is -0.123. The molecular formula is C13H21N3O2. The minimum absolute atomic E-state index is 0.123. The number of carbonyl (C=O) groups excluding carboxylic acids is 1. The van der Waals surface area contributed by atoms with Crippen LogP contribution in [0.1, 0.15) is 23.7 Å². The molecule has 0 heterocycles. The van der Waals surface area contributed by atoms with Crippen molar-refractivity contribution in [3.63, 3.8) is 0 Å². The van der Waals surface area contributed by atoms with E-state index < -0.39 is 0 Å². The molecule has 5 heteroatoms. The average Bonchev–Trinajstić information content (AvgIpc) is 2.38. The molecule has 0 unspecified atom stereocenters. The summed E-state index contributed by atoms with van der Waals surface area (Å²) in [6, 6.07) is 5.21. The lowest BCUT2D eigenvalue weighted by molar-refractivity contribution is 0.0964. The van der Waals surface area contributed by atoms with Crippen LogP contribution in [0.2, 0.25) is 0 Å². The fourth-order valence-electron chi connectivity index (χ4n) is 1.58. The van der Waals surface area contributed by atoms with Crippen molar-refractivity contribution in [2.45, 2.75) is 13.3 Å². The maximum Gasteiger partial charge on any atom is 0.253 e. The summed E-state index contributed by atoms with van der Waals surface area (Å²) in [6.45, 7) is 4.14. The highest BCUT2D eigenvalue weighted by atomic mass is 16.5. The molecule has 0 atom stereocenters. The molecule has 0 radical (unpaired) electrons. The Morgan fingerprint density at radius 3 is 2.89 bits per heavy atom. The second-order valence-corrected chi connectivity index (χ2v) is 3.86. The lowest BCUT2D eigenvalue weighted by Crippen LogP contribution is -2.20. The smallest absolute Gasteiger partial charge is 0.253 e. The van der Waals surface area contributed by atoms with Crippen LogP contribution in [0.15, 0.2) is 18.2 Å². The number of amides is 1. The summed E-state index contributed by atoms with van der Waals surface area (Å²) in [6.07, 6.45) is 0.885. The monoisotopic (exact) mass is 251 g/mol. The van der Waals surface area contributed by atoms with Gasteiger partial charge in [-0.2, -0.15) is 0 Å². The Morgan fingerprint density at radius 1 is 1.44 bits per heavy atom. The Balaban J connectivity index is 2.62. The molecule has 1 aromatic carbocycles. The molecule has 18 heavy (non-hydrogen) atoms. The zero-order chi connectivity index (χ0) is 13.4. The number of anilines is 2. The van der Waals surface area contributed by atoms with Gasteiger partial charge in [0.1, 0.15) is 0 Å². The first-order chi connectivity index (χ1) is 8.69. The van der Waals surface area contributed by atoms with E-state index in [0.717, 1.165) is 25.3 Å². The minimum Gasteiger partial charge on any atom is -0.399 e. The SMILES string of the molecule is CCOCCCNc1cc(N)ccc1C(=O)NC. The fourth-order valence-corrected chi connectivity index (χ4v) is 1.58. The predicted octanol–water partition coefficient (Wildman–Crippen LogP) is 1.47.